The van der Waals surface area contributed by atoms with Gasteiger partial charge < -0.3 is 9.84 Å². The summed E-state index contributed by atoms with van der Waals surface area (Å²) in [6.45, 7) is 4.02. The van der Waals surface area contributed by atoms with Gasteiger partial charge in [0, 0.05) is 17.3 Å². The van der Waals surface area contributed by atoms with Crippen molar-refractivity contribution < 1.29 is 14.6 Å². The molecule has 0 radical (unpaired) electrons. The second kappa shape index (κ2) is 5.10. The maximum atomic E-state index is 10.8. The van der Waals surface area contributed by atoms with E-state index in [2.05, 4.69) is 4.98 Å². The number of pyridine rings is 1. The van der Waals surface area contributed by atoms with Gasteiger partial charge >= 0.3 is 5.97 Å². The van der Waals surface area contributed by atoms with E-state index in [1.807, 2.05) is 26.0 Å². The summed E-state index contributed by atoms with van der Waals surface area (Å²) in [5, 5.41) is 8.84. The molecule has 2 aromatic rings. The Morgan fingerprint density at radius 3 is 2.47 bits per heavy atom. The van der Waals surface area contributed by atoms with Crippen LogP contribution in [-0.2, 0) is 0 Å². The monoisotopic (exact) mass is 257 g/mol. The van der Waals surface area contributed by atoms with Crippen LogP contribution in [0.5, 0.6) is 5.75 Å². The van der Waals surface area contributed by atoms with E-state index in [4.69, 9.17) is 9.84 Å². The van der Waals surface area contributed by atoms with Gasteiger partial charge in [-0.25, -0.2) is 9.78 Å². The van der Waals surface area contributed by atoms with Crippen LogP contribution < -0.4 is 4.74 Å². The van der Waals surface area contributed by atoms with Crippen molar-refractivity contribution in [2.24, 2.45) is 0 Å². The van der Waals surface area contributed by atoms with Crippen molar-refractivity contribution in [3.8, 4) is 16.9 Å². The highest BCUT2D eigenvalue weighted by Crippen LogP contribution is 2.34. The lowest BCUT2D eigenvalue weighted by Gasteiger charge is -2.13. The molecule has 19 heavy (non-hydrogen) atoms. The highest BCUT2D eigenvalue weighted by atomic mass is 16.5. The number of aromatic nitrogens is 1. The first kappa shape index (κ1) is 13.1. The Balaban J connectivity index is 2.52. The highest BCUT2D eigenvalue weighted by molar-refractivity contribution is 5.86. The number of methoxy groups -OCH3 is 1. The van der Waals surface area contributed by atoms with E-state index < -0.39 is 5.97 Å². The molecule has 0 spiro atoms. The molecule has 4 heteroatoms. The van der Waals surface area contributed by atoms with Gasteiger partial charge in [-0.2, -0.15) is 0 Å². The molecule has 0 bridgehead atoms. The van der Waals surface area contributed by atoms with Crippen LogP contribution in [0.1, 0.15) is 21.6 Å². The van der Waals surface area contributed by atoms with Gasteiger partial charge in [0.05, 0.1) is 7.11 Å². The molecule has 0 atom stereocenters. The molecular formula is C15H15NO3. The zero-order valence-corrected chi connectivity index (χ0v) is 11.1. The van der Waals surface area contributed by atoms with Crippen LogP contribution in [-0.4, -0.2) is 23.2 Å². The number of aryl methyl sites for hydroxylation is 1. The zero-order chi connectivity index (χ0) is 14.0. The normalized spacial score (nSPS) is 10.3. The molecule has 1 heterocycles. The number of hydrogen-bond donors (Lipinski definition) is 1. The third-order valence-electron chi connectivity index (χ3n) is 3.17. The van der Waals surface area contributed by atoms with Crippen LogP contribution in [0.25, 0.3) is 11.1 Å². The van der Waals surface area contributed by atoms with Crippen LogP contribution in [0.2, 0.25) is 0 Å². The first-order valence-electron chi connectivity index (χ1n) is 5.88. The second-order valence-electron chi connectivity index (χ2n) is 4.33. The smallest absolute Gasteiger partial charge is 0.354 e. The first-order valence-corrected chi connectivity index (χ1v) is 5.88. The lowest BCUT2D eigenvalue weighted by Crippen LogP contribution is -2.00. The average Bonchev–Trinajstić information content (AvgIpc) is 2.41. The molecule has 0 aliphatic rings. The molecule has 1 aromatic carbocycles. The molecule has 0 saturated heterocycles. The number of rotatable bonds is 3. The maximum Gasteiger partial charge on any atom is 0.354 e. The van der Waals surface area contributed by atoms with Crippen molar-refractivity contribution >= 4 is 5.97 Å². The molecule has 0 amide bonds. The van der Waals surface area contributed by atoms with Crippen molar-refractivity contribution in [1.82, 2.24) is 4.98 Å². The van der Waals surface area contributed by atoms with E-state index in [9.17, 15) is 4.79 Å². The summed E-state index contributed by atoms with van der Waals surface area (Å²) in [6.07, 6.45) is 1.55. The molecule has 4 nitrogen and oxygen atoms in total. The predicted molar refractivity (Wildman–Crippen MR) is 72.7 cm³/mol. The third kappa shape index (κ3) is 2.42. The predicted octanol–water partition coefficient (Wildman–Crippen LogP) is 3.07. The molecular weight excluding hydrogens is 242 g/mol. The Hall–Kier alpha value is -2.36. The molecule has 98 valence electrons. The number of carboxylic acid groups (broad SMARTS) is 1. The third-order valence-corrected chi connectivity index (χ3v) is 3.17. The molecule has 1 N–H and O–H groups in total. The summed E-state index contributed by atoms with van der Waals surface area (Å²) in [4.78, 5) is 14.7. The number of aromatic carboxylic acids is 1. The summed E-state index contributed by atoms with van der Waals surface area (Å²) in [7, 11) is 1.63. The largest absolute Gasteiger partial charge is 0.496 e. The fraction of sp³-hybridized carbons (Fsp3) is 0.200. The number of carbonyl (C=O) groups is 1. The minimum absolute atomic E-state index is 0.0338. The SMILES string of the molecule is COc1c(-c2ccc(C(=O)O)nc2)ccc(C)c1C. The molecule has 1 aromatic heterocycles. The first-order chi connectivity index (χ1) is 9.04. The van der Waals surface area contributed by atoms with E-state index in [0.29, 0.717) is 0 Å². The van der Waals surface area contributed by atoms with Crippen molar-refractivity contribution in [2.75, 3.05) is 7.11 Å². The second-order valence-corrected chi connectivity index (χ2v) is 4.33. The number of carboxylic acids is 1. The number of ether oxygens (including phenoxy) is 1. The number of nitrogens with zero attached hydrogens (tertiary/aromatic N) is 1. The lowest BCUT2D eigenvalue weighted by atomic mass is 9.99. The summed E-state index contributed by atoms with van der Waals surface area (Å²) in [6, 6.07) is 7.20. The molecule has 0 unspecified atom stereocenters. The van der Waals surface area contributed by atoms with Gasteiger partial charge in [0.1, 0.15) is 11.4 Å². The fourth-order valence-corrected chi connectivity index (χ4v) is 1.96. The Kier molecular flexibility index (Phi) is 3.51. The average molecular weight is 257 g/mol. The van der Waals surface area contributed by atoms with Crippen LogP contribution in [0.4, 0.5) is 0 Å². The topological polar surface area (TPSA) is 59.4 Å². The van der Waals surface area contributed by atoms with E-state index in [1.54, 1.807) is 19.4 Å². The van der Waals surface area contributed by atoms with Crippen molar-refractivity contribution in [3.63, 3.8) is 0 Å². The quantitative estimate of drug-likeness (QED) is 0.918. The Labute approximate surface area is 111 Å². The van der Waals surface area contributed by atoms with E-state index in [0.717, 1.165) is 28.0 Å². The Morgan fingerprint density at radius 2 is 1.95 bits per heavy atom. The van der Waals surface area contributed by atoms with Crippen LogP contribution >= 0.6 is 0 Å². The van der Waals surface area contributed by atoms with E-state index in [-0.39, 0.29) is 5.69 Å². The number of benzene rings is 1. The lowest BCUT2D eigenvalue weighted by molar-refractivity contribution is 0.0690. The summed E-state index contributed by atoms with van der Waals surface area (Å²) in [5.41, 5.74) is 4.00. The minimum Gasteiger partial charge on any atom is -0.496 e. The van der Waals surface area contributed by atoms with Crippen LogP contribution in [0.3, 0.4) is 0 Å². The molecule has 0 saturated carbocycles. The standard InChI is InChI=1S/C15H15NO3/c1-9-4-6-12(14(19-3)10(9)2)11-5-7-13(15(17)18)16-8-11/h4-8H,1-3H3,(H,17,18). The van der Waals surface area contributed by atoms with Crippen LogP contribution in [0.15, 0.2) is 30.5 Å². The maximum absolute atomic E-state index is 10.8. The van der Waals surface area contributed by atoms with Gasteiger partial charge in [0.2, 0.25) is 0 Å². The van der Waals surface area contributed by atoms with E-state index in [1.165, 1.54) is 6.07 Å². The van der Waals surface area contributed by atoms with Gasteiger partial charge in [0.25, 0.3) is 0 Å². The molecule has 2 rings (SSSR count). The summed E-state index contributed by atoms with van der Waals surface area (Å²) < 4.78 is 5.44. The fourth-order valence-electron chi connectivity index (χ4n) is 1.96. The molecule has 0 fully saturated rings. The van der Waals surface area contributed by atoms with Crippen molar-refractivity contribution in [2.45, 2.75) is 13.8 Å². The summed E-state index contributed by atoms with van der Waals surface area (Å²) >= 11 is 0. The van der Waals surface area contributed by atoms with Crippen LogP contribution in [0, 0.1) is 13.8 Å². The molecule has 0 aliphatic carbocycles. The molecule has 0 aliphatic heterocycles. The highest BCUT2D eigenvalue weighted by Gasteiger charge is 2.11. The van der Waals surface area contributed by atoms with Crippen molar-refractivity contribution in [3.05, 3.63) is 47.3 Å². The Morgan fingerprint density at radius 1 is 1.21 bits per heavy atom. The zero-order valence-electron chi connectivity index (χ0n) is 11.1. The minimum atomic E-state index is -1.03. The Bertz CT molecular complexity index is 618. The van der Waals surface area contributed by atoms with E-state index >= 15 is 0 Å². The van der Waals surface area contributed by atoms with Gasteiger partial charge in [0.15, 0.2) is 0 Å². The number of hydrogen-bond acceptors (Lipinski definition) is 3. The van der Waals surface area contributed by atoms with Gasteiger partial charge in [-0.15, -0.1) is 0 Å². The van der Waals surface area contributed by atoms with Gasteiger partial charge in [-0.3, -0.25) is 0 Å². The van der Waals surface area contributed by atoms with Gasteiger partial charge in [-0.1, -0.05) is 18.2 Å². The van der Waals surface area contributed by atoms with Gasteiger partial charge in [-0.05, 0) is 31.0 Å². The summed E-state index contributed by atoms with van der Waals surface area (Å²) in [5.74, 6) is -0.233. The van der Waals surface area contributed by atoms with Crippen molar-refractivity contribution in [1.29, 1.82) is 0 Å².